The van der Waals surface area contributed by atoms with Gasteiger partial charge in [0.15, 0.2) is 0 Å². The molecule has 4 nitrogen and oxygen atoms in total. The molecule has 2 aromatic rings. The molecule has 0 radical (unpaired) electrons. The van der Waals surface area contributed by atoms with Crippen molar-refractivity contribution in [1.29, 1.82) is 0 Å². The first-order chi connectivity index (χ1) is 9.42. The average molecular weight is 315 g/mol. The minimum atomic E-state index is -3.65. The second-order valence-corrected chi connectivity index (χ2v) is 7.41. The molecule has 0 aliphatic rings. The van der Waals surface area contributed by atoms with Crippen LogP contribution in [0.1, 0.15) is 16.0 Å². The molecule has 0 fully saturated rings. The Hall–Kier alpha value is -1.28. The number of halogens is 1. The molecule has 0 bridgehead atoms. The Bertz CT molecular complexity index is 710. The van der Waals surface area contributed by atoms with E-state index in [1.165, 1.54) is 24.3 Å². The van der Waals surface area contributed by atoms with Crippen LogP contribution in [0, 0.1) is 12.7 Å². The van der Waals surface area contributed by atoms with Crippen molar-refractivity contribution in [2.75, 3.05) is 0 Å². The summed E-state index contributed by atoms with van der Waals surface area (Å²) in [5.74, 6) is -0.406. The summed E-state index contributed by atoms with van der Waals surface area (Å²) in [6, 6.07) is 7.27. The Morgan fingerprint density at radius 3 is 2.70 bits per heavy atom. The Morgan fingerprint density at radius 2 is 2.10 bits per heavy atom. The summed E-state index contributed by atoms with van der Waals surface area (Å²) in [6.07, 6.45) is 0. The SMILES string of the molecule is Cc1cc(S(=O)(=O)NCc2cccc(F)c2)sc1CO. The fraction of sp³-hybridized carbons (Fsp3) is 0.231. The van der Waals surface area contributed by atoms with Crippen molar-refractivity contribution >= 4 is 21.4 Å². The van der Waals surface area contributed by atoms with Crippen LogP contribution in [0.4, 0.5) is 4.39 Å². The van der Waals surface area contributed by atoms with Crippen LogP contribution < -0.4 is 4.72 Å². The summed E-state index contributed by atoms with van der Waals surface area (Å²) in [4.78, 5) is 0.621. The lowest BCUT2D eigenvalue weighted by atomic mass is 10.2. The first-order valence-corrected chi connectivity index (χ1v) is 8.16. The third-order valence-electron chi connectivity index (χ3n) is 2.76. The zero-order valence-electron chi connectivity index (χ0n) is 10.8. The minimum absolute atomic E-state index is 0.0193. The zero-order chi connectivity index (χ0) is 14.8. The van der Waals surface area contributed by atoms with Crippen molar-refractivity contribution in [1.82, 2.24) is 4.72 Å². The number of benzene rings is 1. The van der Waals surface area contributed by atoms with Crippen molar-refractivity contribution in [3.05, 3.63) is 52.2 Å². The third-order valence-corrected chi connectivity index (χ3v) is 5.86. The number of sulfonamides is 1. The van der Waals surface area contributed by atoms with Crippen LogP contribution in [0.5, 0.6) is 0 Å². The molecule has 0 atom stereocenters. The van der Waals surface area contributed by atoms with Gasteiger partial charge in [0.2, 0.25) is 10.0 Å². The molecule has 0 aliphatic heterocycles. The van der Waals surface area contributed by atoms with Gasteiger partial charge >= 0.3 is 0 Å². The van der Waals surface area contributed by atoms with E-state index in [0.29, 0.717) is 10.4 Å². The van der Waals surface area contributed by atoms with Gasteiger partial charge in [0.1, 0.15) is 10.0 Å². The van der Waals surface area contributed by atoms with E-state index in [-0.39, 0.29) is 17.4 Å². The molecule has 1 aromatic carbocycles. The molecule has 7 heteroatoms. The van der Waals surface area contributed by atoms with Crippen molar-refractivity contribution in [2.24, 2.45) is 0 Å². The van der Waals surface area contributed by atoms with Crippen LogP contribution in [-0.2, 0) is 23.2 Å². The van der Waals surface area contributed by atoms with Gasteiger partial charge in [-0.15, -0.1) is 11.3 Å². The molecule has 0 unspecified atom stereocenters. The van der Waals surface area contributed by atoms with Crippen LogP contribution in [0.2, 0.25) is 0 Å². The Morgan fingerprint density at radius 1 is 1.35 bits per heavy atom. The summed E-state index contributed by atoms with van der Waals surface area (Å²) in [5, 5.41) is 9.09. The molecule has 0 saturated carbocycles. The van der Waals surface area contributed by atoms with Crippen LogP contribution in [0.3, 0.4) is 0 Å². The van der Waals surface area contributed by atoms with E-state index in [0.717, 1.165) is 16.9 Å². The van der Waals surface area contributed by atoms with Crippen LogP contribution >= 0.6 is 11.3 Å². The summed E-state index contributed by atoms with van der Waals surface area (Å²) < 4.78 is 39.8. The van der Waals surface area contributed by atoms with E-state index in [1.807, 2.05) is 0 Å². The summed E-state index contributed by atoms with van der Waals surface area (Å²) in [5.41, 5.74) is 1.29. The molecule has 1 aromatic heterocycles. The molecule has 2 rings (SSSR count). The van der Waals surface area contributed by atoms with E-state index in [1.54, 1.807) is 13.0 Å². The first kappa shape index (κ1) is 15.1. The molecule has 20 heavy (non-hydrogen) atoms. The predicted octanol–water partition coefficient (Wildman–Crippen LogP) is 2.17. The van der Waals surface area contributed by atoms with E-state index in [9.17, 15) is 12.8 Å². The number of hydrogen-bond donors (Lipinski definition) is 2. The van der Waals surface area contributed by atoms with Gasteiger partial charge in [0.05, 0.1) is 6.61 Å². The highest BCUT2D eigenvalue weighted by Gasteiger charge is 2.18. The van der Waals surface area contributed by atoms with E-state index < -0.39 is 15.8 Å². The molecule has 0 aliphatic carbocycles. The topological polar surface area (TPSA) is 66.4 Å². The monoisotopic (exact) mass is 315 g/mol. The second kappa shape index (κ2) is 6.01. The van der Waals surface area contributed by atoms with Gasteiger partial charge in [-0.1, -0.05) is 12.1 Å². The number of thiophene rings is 1. The molecule has 108 valence electrons. The number of nitrogens with one attached hydrogen (secondary N) is 1. The van der Waals surface area contributed by atoms with Gasteiger partial charge in [-0.05, 0) is 36.2 Å². The van der Waals surface area contributed by atoms with Crippen molar-refractivity contribution in [2.45, 2.75) is 24.3 Å². The average Bonchev–Trinajstić information content (AvgIpc) is 2.79. The Labute approximate surface area is 120 Å². The van der Waals surface area contributed by atoms with Gasteiger partial charge in [-0.3, -0.25) is 0 Å². The number of rotatable bonds is 5. The van der Waals surface area contributed by atoms with Crippen LogP contribution in [-0.4, -0.2) is 13.5 Å². The van der Waals surface area contributed by atoms with E-state index in [2.05, 4.69) is 4.72 Å². The van der Waals surface area contributed by atoms with Crippen molar-refractivity contribution < 1.29 is 17.9 Å². The van der Waals surface area contributed by atoms with Gasteiger partial charge in [0.25, 0.3) is 0 Å². The predicted molar refractivity (Wildman–Crippen MR) is 75.4 cm³/mol. The Kier molecular flexibility index (Phi) is 4.54. The van der Waals surface area contributed by atoms with E-state index >= 15 is 0 Å². The highest BCUT2D eigenvalue weighted by atomic mass is 32.2. The molecular formula is C13H14FNO3S2. The van der Waals surface area contributed by atoms with Gasteiger partial charge in [-0.25, -0.2) is 17.5 Å². The fourth-order valence-electron chi connectivity index (χ4n) is 1.67. The molecule has 0 amide bonds. The number of aliphatic hydroxyl groups excluding tert-OH is 1. The van der Waals surface area contributed by atoms with Gasteiger partial charge < -0.3 is 5.11 Å². The van der Waals surface area contributed by atoms with Crippen molar-refractivity contribution in [3.8, 4) is 0 Å². The standard InChI is InChI=1S/C13H14FNO3S2/c1-9-5-13(19-12(9)8-16)20(17,18)15-7-10-3-2-4-11(14)6-10/h2-6,15-16H,7-8H2,1H3. The smallest absolute Gasteiger partial charge is 0.250 e. The fourth-order valence-corrected chi connectivity index (χ4v) is 4.19. The lowest BCUT2D eigenvalue weighted by Gasteiger charge is -2.04. The molecule has 1 heterocycles. The quantitative estimate of drug-likeness (QED) is 0.888. The molecule has 0 saturated heterocycles. The maximum Gasteiger partial charge on any atom is 0.250 e. The maximum absolute atomic E-state index is 13.0. The van der Waals surface area contributed by atoms with Crippen molar-refractivity contribution in [3.63, 3.8) is 0 Å². The highest BCUT2D eigenvalue weighted by molar-refractivity contribution is 7.91. The van der Waals surface area contributed by atoms with Crippen LogP contribution in [0.15, 0.2) is 34.5 Å². The highest BCUT2D eigenvalue weighted by Crippen LogP contribution is 2.25. The lowest BCUT2D eigenvalue weighted by Crippen LogP contribution is -2.22. The van der Waals surface area contributed by atoms with Gasteiger partial charge in [0, 0.05) is 11.4 Å². The zero-order valence-corrected chi connectivity index (χ0v) is 12.4. The minimum Gasteiger partial charge on any atom is -0.391 e. The summed E-state index contributed by atoms with van der Waals surface area (Å²) in [7, 11) is -3.65. The van der Waals surface area contributed by atoms with Gasteiger partial charge in [-0.2, -0.15) is 0 Å². The lowest BCUT2D eigenvalue weighted by molar-refractivity contribution is 0.285. The van der Waals surface area contributed by atoms with Crippen LogP contribution in [0.25, 0.3) is 0 Å². The number of aryl methyl sites for hydroxylation is 1. The number of hydrogen-bond acceptors (Lipinski definition) is 4. The maximum atomic E-state index is 13.0. The molecular weight excluding hydrogens is 301 g/mol. The molecule has 2 N–H and O–H groups in total. The summed E-state index contributed by atoms with van der Waals surface area (Å²) >= 11 is 1.03. The Balaban J connectivity index is 2.15. The number of aliphatic hydroxyl groups is 1. The second-order valence-electron chi connectivity index (χ2n) is 4.28. The third kappa shape index (κ3) is 3.43. The molecule has 0 spiro atoms. The normalized spacial score (nSPS) is 11.8. The van der Waals surface area contributed by atoms with E-state index in [4.69, 9.17) is 5.11 Å². The first-order valence-electron chi connectivity index (χ1n) is 5.86. The summed E-state index contributed by atoms with van der Waals surface area (Å²) in [6.45, 7) is 1.58. The largest absolute Gasteiger partial charge is 0.391 e.